The van der Waals surface area contributed by atoms with Crippen LogP contribution in [0.25, 0.3) is 11.1 Å². The predicted octanol–water partition coefficient (Wildman–Crippen LogP) is 4.38. The van der Waals surface area contributed by atoms with Crippen LogP contribution in [0.3, 0.4) is 0 Å². The summed E-state index contributed by atoms with van der Waals surface area (Å²) in [6, 6.07) is 10.4. The van der Waals surface area contributed by atoms with Crippen LogP contribution >= 0.6 is 0 Å². The lowest BCUT2D eigenvalue weighted by molar-refractivity contribution is -0.126. The van der Waals surface area contributed by atoms with E-state index in [0.29, 0.717) is 29.0 Å². The second kappa shape index (κ2) is 12.0. The summed E-state index contributed by atoms with van der Waals surface area (Å²) in [5.41, 5.74) is 2.84. The van der Waals surface area contributed by atoms with Gasteiger partial charge in [0, 0.05) is 18.2 Å². The Morgan fingerprint density at radius 1 is 1.12 bits per heavy atom. The molecule has 10 heteroatoms. The molecule has 2 saturated carbocycles. The molecule has 3 fully saturated rings. The van der Waals surface area contributed by atoms with E-state index in [-0.39, 0.29) is 47.5 Å². The van der Waals surface area contributed by atoms with Gasteiger partial charge in [-0.25, -0.2) is 12.8 Å². The Morgan fingerprint density at radius 3 is 2.48 bits per heavy atom. The average molecular weight is 600 g/mol. The zero-order valence-corrected chi connectivity index (χ0v) is 25.7. The van der Waals surface area contributed by atoms with E-state index in [1.165, 1.54) is 6.07 Å². The van der Waals surface area contributed by atoms with Crippen LogP contribution in [-0.2, 0) is 26.0 Å². The van der Waals surface area contributed by atoms with Crippen molar-refractivity contribution in [3.63, 3.8) is 0 Å². The van der Waals surface area contributed by atoms with Gasteiger partial charge in [-0.05, 0) is 91.3 Å². The van der Waals surface area contributed by atoms with Crippen molar-refractivity contribution in [3.8, 4) is 16.9 Å². The highest BCUT2D eigenvalue weighted by Gasteiger charge is 2.41. The number of amides is 2. The van der Waals surface area contributed by atoms with Crippen molar-refractivity contribution in [1.82, 2.24) is 14.9 Å². The van der Waals surface area contributed by atoms with Gasteiger partial charge >= 0.3 is 0 Å². The van der Waals surface area contributed by atoms with E-state index in [2.05, 4.69) is 24.1 Å². The lowest BCUT2D eigenvalue weighted by atomic mass is 9.76. The molecule has 2 N–H and O–H groups in total. The van der Waals surface area contributed by atoms with E-state index in [9.17, 15) is 18.0 Å². The Bertz CT molecular complexity index is 1450. The van der Waals surface area contributed by atoms with Crippen LogP contribution in [-0.4, -0.2) is 63.7 Å². The standard InChI is InChI=1S/C32H42FN3O5S/c1-32(2)17-27(36(3)19-32)31(38)34-23-13-21(14-23)18-41-28-12-11-20(16-29(37)35-42(4,39)40)15-25(28)24-9-6-10-26(33)30(24)22-7-5-8-22/h6,9-12,15,21-23,27H,5,7-8,13-14,16-19H2,1-4H3,(H,34,38)(H,35,37)/t21?,23?,27-/m0/s1. The number of carbonyl (C=O) groups is 2. The van der Waals surface area contributed by atoms with Crippen molar-refractivity contribution >= 4 is 21.8 Å². The molecule has 5 rings (SSSR count). The van der Waals surface area contributed by atoms with E-state index in [1.54, 1.807) is 24.3 Å². The molecule has 0 aromatic heterocycles. The van der Waals surface area contributed by atoms with Gasteiger partial charge in [0.05, 0.1) is 25.3 Å². The van der Waals surface area contributed by atoms with Gasteiger partial charge in [0.1, 0.15) is 11.6 Å². The number of likely N-dealkylation sites (N-methyl/N-ethyl adjacent to an activating group) is 1. The zero-order valence-electron chi connectivity index (χ0n) is 24.9. The molecule has 42 heavy (non-hydrogen) atoms. The minimum Gasteiger partial charge on any atom is -0.493 e. The third kappa shape index (κ3) is 7.14. The summed E-state index contributed by atoms with van der Waals surface area (Å²) in [5, 5.41) is 3.21. The number of hydrogen-bond donors (Lipinski definition) is 2. The van der Waals surface area contributed by atoms with E-state index in [0.717, 1.165) is 56.9 Å². The molecule has 2 aromatic rings. The smallest absolute Gasteiger partial charge is 0.237 e. The van der Waals surface area contributed by atoms with Gasteiger partial charge in [0.2, 0.25) is 21.8 Å². The van der Waals surface area contributed by atoms with Crippen LogP contribution in [0.5, 0.6) is 5.75 Å². The number of hydrogen-bond acceptors (Lipinski definition) is 6. The number of likely N-dealkylation sites (tertiary alicyclic amines) is 1. The molecule has 2 amide bonds. The first-order valence-corrected chi connectivity index (χ1v) is 16.7. The fourth-order valence-corrected chi connectivity index (χ4v) is 7.14. The fourth-order valence-electron chi connectivity index (χ4n) is 6.65. The topological polar surface area (TPSA) is 105 Å². The molecular formula is C32H42FN3O5S. The molecule has 1 heterocycles. The van der Waals surface area contributed by atoms with Crippen molar-refractivity contribution < 1.29 is 27.1 Å². The van der Waals surface area contributed by atoms with Gasteiger partial charge in [-0.15, -0.1) is 0 Å². The summed E-state index contributed by atoms with van der Waals surface area (Å²) < 4.78 is 46.5. The van der Waals surface area contributed by atoms with Gasteiger partial charge in [-0.3, -0.25) is 19.2 Å². The third-order valence-corrected chi connectivity index (χ3v) is 9.48. The number of carbonyl (C=O) groups excluding carboxylic acids is 2. The molecule has 228 valence electrons. The van der Waals surface area contributed by atoms with Crippen molar-refractivity contribution in [3.05, 3.63) is 53.3 Å². The van der Waals surface area contributed by atoms with Crippen LogP contribution in [0.4, 0.5) is 4.39 Å². The van der Waals surface area contributed by atoms with Crippen molar-refractivity contribution in [1.29, 1.82) is 0 Å². The molecular weight excluding hydrogens is 557 g/mol. The van der Waals surface area contributed by atoms with E-state index in [4.69, 9.17) is 4.74 Å². The Morgan fingerprint density at radius 2 is 1.86 bits per heavy atom. The third-order valence-electron chi connectivity index (χ3n) is 8.88. The van der Waals surface area contributed by atoms with Gasteiger partial charge in [0.15, 0.2) is 0 Å². The molecule has 3 aliphatic rings. The van der Waals surface area contributed by atoms with Gasteiger partial charge in [-0.1, -0.05) is 38.5 Å². The SMILES string of the molecule is CN1CC(C)(C)C[C@H]1C(=O)NC1CC(COc2ccc(CC(=O)NS(C)(=O)=O)cc2-c2cccc(F)c2C2CCC2)C1. The summed E-state index contributed by atoms with van der Waals surface area (Å²) in [6.45, 7) is 5.75. The van der Waals surface area contributed by atoms with Gasteiger partial charge < -0.3 is 10.1 Å². The maximum Gasteiger partial charge on any atom is 0.237 e. The molecule has 2 aromatic carbocycles. The first-order chi connectivity index (χ1) is 19.8. The van der Waals surface area contributed by atoms with E-state index >= 15 is 4.39 Å². The predicted molar refractivity (Wildman–Crippen MR) is 160 cm³/mol. The Labute approximate surface area is 248 Å². The molecule has 0 spiro atoms. The number of rotatable bonds is 10. The molecule has 8 nitrogen and oxygen atoms in total. The average Bonchev–Trinajstić information content (AvgIpc) is 3.11. The summed E-state index contributed by atoms with van der Waals surface area (Å²) in [7, 11) is -1.67. The number of nitrogens with zero attached hydrogens (tertiary/aromatic N) is 1. The number of sulfonamides is 1. The van der Waals surface area contributed by atoms with Crippen molar-refractivity contribution in [2.24, 2.45) is 11.3 Å². The maximum atomic E-state index is 15.1. The van der Waals surface area contributed by atoms with Crippen LogP contribution in [0.1, 0.15) is 69.4 Å². The minimum atomic E-state index is -3.68. The molecule has 0 radical (unpaired) electrons. The normalized spacial score (nSPS) is 24.0. The lowest BCUT2D eigenvalue weighted by Gasteiger charge is -2.37. The molecule has 1 atom stereocenters. The summed E-state index contributed by atoms with van der Waals surface area (Å²) in [5.74, 6) is 0.213. The highest BCUT2D eigenvalue weighted by molar-refractivity contribution is 7.89. The van der Waals surface area contributed by atoms with Crippen LogP contribution in [0.2, 0.25) is 0 Å². The van der Waals surface area contributed by atoms with E-state index < -0.39 is 15.9 Å². The second-order valence-electron chi connectivity index (χ2n) is 13.3. The largest absolute Gasteiger partial charge is 0.493 e. The van der Waals surface area contributed by atoms with E-state index in [1.807, 2.05) is 17.8 Å². The zero-order chi connectivity index (χ0) is 30.2. The Balaban J connectivity index is 1.28. The number of halogens is 1. The molecule has 0 bridgehead atoms. The highest BCUT2D eigenvalue weighted by atomic mass is 32.2. The second-order valence-corrected chi connectivity index (χ2v) is 15.0. The Hall–Kier alpha value is -2.98. The minimum absolute atomic E-state index is 0.0907. The molecule has 1 aliphatic heterocycles. The molecule has 0 unspecified atom stereocenters. The van der Waals surface area contributed by atoms with Crippen LogP contribution in [0.15, 0.2) is 36.4 Å². The fraction of sp³-hybridized carbons (Fsp3) is 0.562. The van der Waals surface area contributed by atoms with Gasteiger partial charge in [-0.2, -0.15) is 0 Å². The monoisotopic (exact) mass is 599 g/mol. The number of benzene rings is 2. The first kappa shape index (κ1) is 30.5. The van der Waals surface area contributed by atoms with Crippen molar-refractivity contribution in [2.45, 2.75) is 76.8 Å². The van der Waals surface area contributed by atoms with Crippen LogP contribution < -0.4 is 14.8 Å². The van der Waals surface area contributed by atoms with Gasteiger partial charge in [0.25, 0.3) is 0 Å². The number of nitrogens with one attached hydrogen (secondary N) is 2. The summed E-state index contributed by atoms with van der Waals surface area (Å²) in [4.78, 5) is 27.4. The van der Waals surface area contributed by atoms with Crippen molar-refractivity contribution in [2.75, 3.05) is 26.5 Å². The maximum absolute atomic E-state index is 15.1. The quantitative estimate of drug-likeness (QED) is 0.420. The summed E-state index contributed by atoms with van der Waals surface area (Å²) >= 11 is 0. The molecule has 1 saturated heterocycles. The number of ether oxygens (including phenoxy) is 1. The molecule has 2 aliphatic carbocycles. The summed E-state index contributed by atoms with van der Waals surface area (Å²) in [6.07, 6.45) is 6.22. The van der Waals surface area contributed by atoms with Crippen LogP contribution in [0, 0.1) is 17.2 Å². The lowest BCUT2D eigenvalue weighted by Crippen LogP contribution is -2.51. The first-order valence-electron chi connectivity index (χ1n) is 14.8. The Kier molecular flexibility index (Phi) is 8.67. The highest BCUT2D eigenvalue weighted by Crippen LogP contribution is 2.45.